The fourth-order valence-electron chi connectivity index (χ4n) is 8.70. The second-order valence-electron chi connectivity index (χ2n) is 14.9. The molecule has 3 aliphatic heterocycles. The first-order chi connectivity index (χ1) is 25.5. The topological polar surface area (TPSA) is 120 Å². The monoisotopic (exact) mass is 733 g/mol. The molecule has 2 N–H and O–H groups in total. The number of hydrogen-bond donors (Lipinski definition) is 2. The Bertz CT molecular complexity index is 2000. The Morgan fingerprint density at radius 2 is 1.66 bits per heavy atom. The number of aliphatic hydroxyl groups is 1. The van der Waals surface area contributed by atoms with Crippen molar-refractivity contribution in [3.8, 4) is 5.75 Å². The summed E-state index contributed by atoms with van der Waals surface area (Å²) in [5, 5.41) is 9.85. The molecule has 0 saturated carbocycles. The molecule has 0 radical (unpaired) electrons. The van der Waals surface area contributed by atoms with Crippen LogP contribution in [0.3, 0.4) is 0 Å². The summed E-state index contributed by atoms with van der Waals surface area (Å²) in [4.78, 5) is 58.9. The van der Waals surface area contributed by atoms with Crippen LogP contribution in [0.4, 0.5) is 17.1 Å². The largest absolute Gasteiger partial charge is 0.497 e. The average Bonchev–Trinajstić information content (AvgIpc) is 3.57. The highest BCUT2D eigenvalue weighted by molar-refractivity contribution is 6.71. The van der Waals surface area contributed by atoms with Gasteiger partial charge in [0.2, 0.25) is 11.8 Å². The number of methoxy groups -OCH3 is 1. The SMILES string of the molecule is COc1ccc2c(c1)[C@]1(O[C@@H](CC(=O)N(CCO)Cc3ccccc3)[C@H]([Si](C)(C)O)[C@H]1C)C(=O)N2Cc1ccc(N2C(=O)CCc3ccccc32)cc1. The van der Waals surface area contributed by atoms with Crippen LogP contribution in [0.15, 0.2) is 97.1 Å². The molecule has 0 bridgehead atoms. The van der Waals surface area contributed by atoms with Crippen molar-refractivity contribution in [2.24, 2.45) is 5.92 Å². The predicted octanol–water partition coefficient (Wildman–Crippen LogP) is 6.06. The number of para-hydroxylation sites is 1. The molecule has 276 valence electrons. The van der Waals surface area contributed by atoms with Gasteiger partial charge in [-0.3, -0.25) is 19.3 Å². The zero-order valence-corrected chi connectivity index (χ0v) is 31.7. The van der Waals surface area contributed by atoms with E-state index < -0.39 is 31.5 Å². The summed E-state index contributed by atoms with van der Waals surface area (Å²) in [5.41, 5.74) is 4.00. The fourth-order valence-corrected chi connectivity index (χ4v) is 11.3. The van der Waals surface area contributed by atoms with Crippen molar-refractivity contribution in [1.29, 1.82) is 0 Å². The van der Waals surface area contributed by atoms with E-state index in [-0.39, 0.29) is 43.8 Å². The summed E-state index contributed by atoms with van der Waals surface area (Å²) in [6.07, 6.45) is 0.364. The Balaban J connectivity index is 1.20. The van der Waals surface area contributed by atoms with Crippen molar-refractivity contribution < 1.29 is 33.8 Å². The van der Waals surface area contributed by atoms with Gasteiger partial charge >= 0.3 is 0 Å². The van der Waals surface area contributed by atoms with E-state index >= 15 is 0 Å². The molecule has 3 amide bonds. The first-order valence-corrected chi connectivity index (χ1v) is 21.3. The van der Waals surface area contributed by atoms with Crippen LogP contribution in [0.25, 0.3) is 0 Å². The van der Waals surface area contributed by atoms with Gasteiger partial charge in [-0.1, -0.05) is 67.6 Å². The van der Waals surface area contributed by atoms with Gasteiger partial charge in [0.25, 0.3) is 5.91 Å². The predicted molar refractivity (Wildman–Crippen MR) is 205 cm³/mol. The molecule has 10 nitrogen and oxygen atoms in total. The minimum Gasteiger partial charge on any atom is -0.497 e. The van der Waals surface area contributed by atoms with E-state index in [1.807, 2.05) is 111 Å². The molecule has 1 saturated heterocycles. The number of rotatable bonds is 11. The highest BCUT2D eigenvalue weighted by Gasteiger charge is 2.66. The number of anilines is 3. The summed E-state index contributed by atoms with van der Waals surface area (Å²) in [6.45, 7) is 6.13. The molecule has 4 aromatic rings. The van der Waals surface area contributed by atoms with Crippen molar-refractivity contribution in [2.75, 3.05) is 30.1 Å². The van der Waals surface area contributed by atoms with Gasteiger partial charge in [-0.25, -0.2) is 0 Å². The van der Waals surface area contributed by atoms with Gasteiger partial charge in [0.15, 0.2) is 13.9 Å². The molecule has 1 spiro atoms. The van der Waals surface area contributed by atoms with Crippen molar-refractivity contribution in [1.82, 2.24) is 4.90 Å². The summed E-state index contributed by atoms with van der Waals surface area (Å²) >= 11 is 0. The van der Waals surface area contributed by atoms with Crippen LogP contribution in [0.5, 0.6) is 5.75 Å². The van der Waals surface area contributed by atoms with Crippen molar-refractivity contribution >= 4 is 43.1 Å². The van der Waals surface area contributed by atoms with Crippen LogP contribution in [-0.4, -0.2) is 67.2 Å². The van der Waals surface area contributed by atoms with Crippen LogP contribution in [0.2, 0.25) is 18.6 Å². The normalized spacial score (nSPS) is 22.3. The minimum absolute atomic E-state index is 0.0425. The Kier molecular flexibility index (Phi) is 10.0. The fraction of sp³-hybridized carbons (Fsp3) is 0.357. The van der Waals surface area contributed by atoms with Crippen molar-refractivity contribution in [2.45, 2.75) is 69.6 Å². The van der Waals surface area contributed by atoms with E-state index in [4.69, 9.17) is 9.47 Å². The molecule has 0 aromatic heterocycles. The van der Waals surface area contributed by atoms with Gasteiger partial charge in [0, 0.05) is 42.2 Å². The van der Waals surface area contributed by atoms with E-state index in [0.717, 1.165) is 28.1 Å². The number of carbonyl (C=O) groups excluding carboxylic acids is 3. The van der Waals surface area contributed by atoms with Crippen LogP contribution in [0, 0.1) is 5.92 Å². The van der Waals surface area contributed by atoms with Crippen molar-refractivity contribution in [3.63, 3.8) is 0 Å². The molecule has 0 unspecified atom stereocenters. The standard InChI is InChI=1S/C42H47N3O7Si/c1-28-40(53(3,4)50)37(25-39(48)43(22-23-46)26-29-10-6-5-7-11-29)52-42(28)34-24-33(51-2)19-20-36(34)44(41(42)49)27-30-14-17-32(18-15-30)45-35-13-9-8-12-31(35)16-21-38(45)47/h5-15,17-20,24,28,37,40,46,50H,16,21-23,25-27H2,1-4H3/t28-,37+,40-,42+/m1/s1. The van der Waals surface area contributed by atoms with Crippen LogP contribution < -0.4 is 14.5 Å². The summed E-state index contributed by atoms with van der Waals surface area (Å²) < 4.78 is 12.6. The number of hydrogen-bond acceptors (Lipinski definition) is 7. The van der Waals surface area contributed by atoms with Crippen LogP contribution in [0.1, 0.15) is 42.0 Å². The van der Waals surface area contributed by atoms with E-state index in [2.05, 4.69) is 6.07 Å². The Morgan fingerprint density at radius 3 is 2.36 bits per heavy atom. The highest BCUT2D eigenvalue weighted by atomic mass is 28.4. The number of aryl methyl sites for hydroxylation is 1. The van der Waals surface area contributed by atoms with Crippen LogP contribution >= 0.6 is 0 Å². The second-order valence-corrected chi connectivity index (χ2v) is 18.9. The maximum atomic E-state index is 15.0. The number of carbonyl (C=O) groups is 3. The summed E-state index contributed by atoms with van der Waals surface area (Å²) in [6, 6.07) is 30.8. The van der Waals surface area contributed by atoms with Gasteiger partial charge in [-0.2, -0.15) is 0 Å². The molecule has 3 heterocycles. The lowest BCUT2D eigenvalue weighted by molar-refractivity contribution is -0.150. The zero-order chi connectivity index (χ0) is 37.5. The smallest absolute Gasteiger partial charge is 0.264 e. The third-order valence-electron chi connectivity index (χ3n) is 11.1. The molecule has 4 aromatic carbocycles. The quantitative estimate of drug-likeness (QED) is 0.180. The molecule has 4 atom stereocenters. The molecule has 7 rings (SSSR count). The number of benzene rings is 4. The molecule has 53 heavy (non-hydrogen) atoms. The Hall–Kier alpha value is -4.81. The minimum atomic E-state index is -3.04. The highest BCUT2D eigenvalue weighted by Crippen LogP contribution is 2.60. The van der Waals surface area contributed by atoms with Gasteiger partial charge in [0.1, 0.15) is 5.75 Å². The van der Waals surface area contributed by atoms with Gasteiger partial charge in [0.05, 0.1) is 44.2 Å². The zero-order valence-electron chi connectivity index (χ0n) is 30.7. The number of aliphatic hydroxyl groups excluding tert-OH is 1. The third-order valence-corrected chi connectivity index (χ3v) is 13.6. The summed E-state index contributed by atoms with van der Waals surface area (Å²) in [5.74, 6) is -0.335. The molecule has 0 aliphatic carbocycles. The molecule has 11 heteroatoms. The lowest BCUT2D eigenvalue weighted by atomic mass is 9.82. The van der Waals surface area contributed by atoms with E-state index in [1.165, 1.54) is 0 Å². The second kappa shape index (κ2) is 14.5. The summed E-state index contributed by atoms with van der Waals surface area (Å²) in [7, 11) is -1.47. The maximum Gasteiger partial charge on any atom is 0.264 e. The molecule has 1 fully saturated rings. The first-order valence-electron chi connectivity index (χ1n) is 18.3. The first kappa shape index (κ1) is 36.5. The number of amides is 3. The van der Waals surface area contributed by atoms with Gasteiger partial charge in [-0.05, 0) is 72.6 Å². The van der Waals surface area contributed by atoms with E-state index in [9.17, 15) is 24.3 Å². The molecule has 3 aliphatic rings. The number of fused-ring (bicyclic) bond motifs is 3. The van der Waals surface area contributed by atoms with Gasteiger partial charge < -0.3 is 29.2 Å². The van der Waals surface area contributed by atoms with E-state index in [1.54, 1.807) is 21.8 Å². The Labute approximate surface area is 311 Å². The third kappa shape index (κ3) is 6.67. The molecular weight excluding hydrogens is 687 g/mol. The Morgan fingerprint density at radius 1 is 0.943 bits per heavy atom. The van der Waals surface area contributed by atoms with Crippen LogP contribution in [-0.2, 0) is 44.2 Å². The lowest BCUT2D eigenvalue weighted by Gasteiger charge is -2.32. The number of nitrogens with zero attached hydrogens (tertiary/aromatic N) is 3. The molecular formula is C42H47N3O7Si. The lowest BCUT2D eigenvalue weighted by Crippen LogP contribution is -2.46. The average molecular weight is 734 g/mol. The maximum absolute atomic E-state index is 15.0. The van der Waals surface area contributed by atoms with Gasteiger partial charge in [-0.15, -0.1) is 0 Å². The number of ether oxygens (including phenoxy) is 2. The van der Waals surface area contributed by atoms with Crippen molar-refractivity contribution in [3.05, 3.63) is 119 Å². The van der Waals surface area contributed by atoms with E-state index in [0.29, 0.717) is 36.4 Å².